The summed E-state index contributed by atoms with van der Waals surface area (Å²) in [6.45, 7) is 5.11. The molecule has 0 unspecified atom stereocenters. The Morgan fingerprint density at radius 2 is 2.05 bits per heavy atom. The lowest BCUT2D eigenvalue weighted by molar-refractivity contribution is 0.147. The minimum Gasteiger partial charge on any atom is -0.384 e. The van der Waals surface area contributed by atoms with Gasteiger partial charge in [-0.05, 0) is 5.56 Å². The normalized spacial score (nSPS) is 11.8. The number of nitrogens with two attached hydrogens (primary N) is 1. The van der Waals surface area contributed by atoms with Gasteiger partial charge in [-0.3, -0.25) is 0 Å². The molecule has 0 saturated heterocycles. The van der Waals surface area contributed by atoms with Crippen LogP contribution >= 0.6 is 0 Å². The Kier molecular flexibility index (Phi) is 3.97. The summed E-state index contributed by atoms with van der Waals surface area (Å²) in [5.74, 6) is 1.01. The molecular formula is C14H19N3O2. The highest BCUT2D eigenvalue weighted by molar-refractivity contribution is 5.61. The molecule has 102 valence electrons. The Morgan fingerprint density at radius 3 is 2.68 bits per heavy atom. The van der Waals surface area contributed by atoms with Gasteiger partial charge in [0.25, 0.3) is 0 Å². The monoisotopic (exact) mass is 261 g/mol. The number of ether oxygens (including phenoxy) is 1. The van der Waals surface area contributed by atoms with Crippen molar-refractivity contribution in [3.8, 4) is 11.4 Å². The van der Waals surface area contributed by atoms with Gasteiger partial charge in [-0.25, -0.2) is 0 Å². The third-order valence-corrected chi connectivity index (χ3v) is 3.04. The Balaban J connectivity index is 2.46. The van der Waals surface area contributed by atoms with Crippen LogP contribution in [-0.4, -0.2) is 23.9 Å². The second kappa shape index (κ2) is 5.50. The number of methoxy groups -OCH3 is 1. The zero-order valence-corrected chi connectivity index (χ0v) is 11.5. The third-order valence-electron chi connectivity index (χ3n) is 3.04. The summed E-state index contributed by atoms with van der Waals surface area (Å²) >= 11 is 0. The van der Waals surface area contributed by atoms with E-state index in [1.165, 1.54) is 0 Å². The van der Waals surface area contributed by atoms with Gasteiger partial charge in [0.15, 0.2) is 0 Å². The Hall–Kier alpha value is -1.72. The zero-order valence-electron chi connectivity index (χ0n) is 11.5. The van der Waals surface area contributed by atoms with Gasteiger partial charge in [-0.1, -0.05) is 43.3 Å². The molecule has 1 aromatic heterocycles. The maximum Gasteiger partial charge on any atom is 0.240 e. The predicted molar refractivity (Wildman–Crippen MR) is 72.5 cm³/mol. The van der Waals surface area contributed by atoms with Crippen LogP contribution < -0.4 is 5.73 Å². The average Bonchev–Trinajstić information content (AvgIpc) is 2.87. The standard InChI is InChI=1S/C14H19N3O2/c1-14(2,9-18-3)11-7-5-4-6-10(11)13-16-12(8-15)19-17-13/h4-7H,8-9,15H2,1-3H3. The number of benzene rings is 1. The molecule has 0 aliphatic rings. The molecule has 0 atom stereocenters. The minimum absolute atomic E-state index is 0.130. The Labute approximate surface area is 112 Å². The van der Waals surface area contributed by atoms with Crippen LogP contribution in [0.2, 0.25) is 0 Å². The van der Waals surface area contributed by atoms with E-state index in [0.29, 0.717) is 18.3 Å². The Bertz CT molecular complexity index is 549. The fourth-order valence-electron chi connectivity index (χ4n) is 2.15. The van der Waals surface area contributed by atoms with E-state index in [0.717, 1.165) is 11.1 Å². The molecule has 0 spiro atoms. The van der Waals surface area contributed by atoms with E-state index in [4.69, 9.17) is 15.0 Å². The highest BCUT2D eigenvalue weighted by Gasteiger charge is 2.25. The van der Waals surface area contributed by atoms with E-state index < -0.39 is 0 Å². The molecule has 2 rings (SSSR count). The van der Waals surface area contributed by atoms with Crippen LogP contribution in [0.5, 0.6) is 0 Å². The molecule has 1 aromatic carbocycles. The molecule has 0 radical (unpaired) electrons. The van der Waals surface area contributed by atoms with Crippen molar-refractivity contribution in [2.24, 2.45) is 5.73 Å². The maximum atomic E-state index is 5.50. The van der Waals surface area contributed by atoms with E-state index in [2.05, 4.69) is 30.1 Å². The van der Waals surface area contributed by atoms with Crippen LogP contribution in [0.1, 0.15) is 25.3 Å². The zero-order chi connectivity index (χ0) is 13.9. The molecule has 2 N–H and O–H groups in total. The third kappa shape index (κ3) is 2.83. The lowest BCUT2D eigenvalue weighted by Gasteiger charge is -2.26. The summed E-state index contributed by atoms with van der Waals surface area (Å²) in [4.78, 5) is 4.29. The highest BCUT2D eigenvalue weighted by Crippen LogP contribution is 2.31. The second-order valence-corrected chi connectivity index (χ2v) is 5.08. The van der Waals surface area contributed by atoms with Gasteiger partial charge in [-0.2, -0.15) is 4.98 Å². The van der Waals surface area contributed by atoms with Crippen molar-refractivity contribution >= 4 is 0 Å². The fraction of sp³-hybridized carbons (Fsp3) is 0.429. The van der Waals surface area contributed by atoms with Gasteiger partial charge in [0.05, 0.1) is 13.2 Å². The van der Waals surface area contributed by atoms with Crippen LogP contribution in [-0.2, 0) is 16.7 Å². The largest absolute Gasteiger partial charge is 0.384 e. The van der Waals surface area contributed by atoms with Gasteiger partial charge < -0.3 is 15.0 Å². The van der Waals surface area contributed by atoms with Gasteiger partial charge in [0, 0.05) is 18.1 Å². The number of rotatable bonds is 5. The second-order valence-electron chi connectivity index (χ2n) is 5.08. The average molecular weight is 261 g/mol. The van der Waals surface area contributed by atoms with Crippen LogP contribution in [0.15, 0.2) is 28.8 Å². The van der Waals surface area contributed by atoms with Crippen molar-refractivity contribution in [3.05, 3.63) is 35.7 Å². The van der Waals surface area contributed by atoms with E-state index >= 15 is 0 Å². The summed E-state index contributed by atoms with van der Waals surface area (Å²) in [6, 6.07) is 8.01. The first kappa shape index (κ1) is 13.7. The quantitative estimate of drug-likeness (QED) is 0.892. The fourth-order valence-corrected chi connectivity index (χ4v) is 2.15. The van der Waals surface area contributed by atoms with Crippen molar-refractivity contribution in [1.82, 2.24) is 10.1 Å². The molecule has 0 fully saturated rings. The molecule has 0 aliphatic heterocycles. The Morgan fingerprint density at radius 1 is 1.32 bits per heavy atom. The molecular weight excluding hydrogens is 242 g/mol. The number of nitrogens with zero attached hydrogens (tertiary/aromatic N) is 2. The van der Waals surface area contributed by atoms with E-state index in [1.54, 1.807) is 7.11 Å². The van der Waals surface area contributed by atoms with Gasteiger partial charge in [0.2, 0.25) is 11.7 Å². The van der Waals surface area contributed by atoms with Gasteiger partial charge in [-0.15, -0.1) is 0 Å². The van der Waals surface area contributed by atoms with Crippen LogP contribution in [0.4, 0.5) is 0 Å². The molecule has 1 heterocycles. The SMILES string of the molecule is COCC(C)(C)c1ccccc1-c1noc(CN)n1. The van der Waals surface area contributed by atoms with Crippen molar-refractivity contribution in [2.75, 3.05) is 13.7 Å². The molecule has 0 saturated carbocycles. The van der Waals surface area contributed by atoms with E-state index in [9.17, 15) is 0 Å². The van der Waals surface area contributed by atoms with Crippen LogP contribution in [0, 0.1) is 0 Å². The van der Waals surface area contributed by atoms with E-state index in [-0.39, 0.29) is 12.0 Å². The summed E-state index contributed by atoms with van der Waals surface area (Å²) in [6.07, 6.45) is 0. The number of aromatic nitrogens is 2. The van der Waals surface area contributed by atoms with Gasteiger partial charge >= 0.3 is 0 Å². The molecule has 5 nitrogen and oxygen atoms in total. The smallest absolute Gasteiger partial charge is 0.240 e. The lowest BCUT2D eigenvalue weighted by atomic mass is 9.82. The van der Waals surface area contributed by atoms with Gasteiger partial charge in [0.1, 0.15) is 0 Å². The number of hydrogen-bond acceptors (Lipinski definition) is 5. The molecule has 19 heavy (non-hydrogen) atoms. The topological polar surface area (TPSA) is 74.2 Å². The highest BCUT2D eigenvalue weighted by atomic mass is 16.5. The van der Waals surface area contributed by atoms with Crippen molar-refractivity contribution in [2.45, 2.75) is 25.8 Å². The molecule has 0 aliphatic carbocycles. The summed E-state index contributed by atoms with van der Waals surface area (Å²) in [5.41, 5.74) is 7.44. The molecule has 2 aromatic rings. The van der Waals surface area contributed by atoms with Crippen LogP contribution in [0.3, 0.4) is 0 Å². The molecule has 5 heteroatoms. The predicted octanol–water partition coefficient (Wildman–Crippen LogP) is 2.12. The number of hydrogen-bond donors (Lipinski definition) is 1. The summed E-state index contributed by atoms with van der Waals surface area (Å²) < 4.78 is 10.4. The summed E-state index contributed by atoms with van der Waals surface area (Å²) in [5, 5.41) is 3.98. The summed E-state index contributed by atoms with van der Waals surface area (Å²) in [7, 11) is 1.70. The lowest BCUT2D eigenvalue weighted by Crippen LogP contribution is -2.24. The maximum absolute atomic E-state index is 5.50. The molecule has 0 amide bonds. The first-order valence-electron chi connectivity index (χ1n) is 6.20. The van der Waals surface area contributed by atoms with E-state index in [1.807, 2.05) is 18.2 Å². The first-order chi connectivity index (χ1) is 9.08. The van der Waals surface area contributed by atoms with Crippen molar-refractivity contribution < 1.29 is 9.26 Å². The van der Waals surface area contributed by atoms with Crippen molar-refractivity contribution in [1.29, 1.82) is 0 Å². The van der Waals surface area contributed by atoms with Crippen molar-refractivity contribution in [3.63, 3.8) is 0 Å². The van der Waals surface area contributed by atoms with Crippen LogP contribution in [0.25, 0.3) is 11.4 Å². The molecule has 0 bridgehead atoms. The first-order valence-corrected chi connectivity index (χ1v) is 6.20. The minimum atomic E-state index is -0.130.